The number of amides is 2. The summed E-state index contributed by atoms with van der Waals surface area (Å²) in [6.45, 7) is 1.38. The Kier molecular flexibility index (Phi) is 4.54. The highest BCUT2D eigenvalue weighted by molar-refractivity contribution is 7.20. The van der Waals surface area contributed by atoms with Crippen molar-refractivity contribution >= 4 is 39.4 Å². The molecule has 1 aromatic heterocycles. The van der Waals surface area contributed by atoms with Crippen molar-refractivity contribution in [3.63, 3.8) is 0 Å². The summed E-state index contributed by atoms with van der Waals surface area (Å²) in [6.07, 6.45) is -1.99. The zero-order valence-corrected chi connectivity index (χ0v) is 12.2. The highest BCUT2D eigenvalue weighted by Crippen LogP contribution is 2.25. The first kappa shape index (κ1) is 15.0. The Bertz CT molecular complexity index is 660. The van der Waals surface area contributed by atoms with Crippen molar-refractivity contribution in [2.75, 3.05) is 7.11 Å². The first-order chi connectivity index (χ1) is 10.0. The molecule has 6 nitrogen and oxygen atoms in total. The third-order valence-corrected chi connectivity index (χ3v) is 3.79. The SMILES string of the molecule is COC(=O)NC(=O)[C@@H](C)OC(=O)c1cc2ccccc2s1. The fourth-order valence-corrected chi connectivity index (χ4v) is 2.55. The monoisotopic (exact) mass is 307 g/mol. The van der Waals surface area contributed by atoms with Gasteiger partial charge in [-0.25, -0.2) is 9.59 Å². The summed E-state index contributed by atoms with van der Waals surface area (Å²) in [5.41, 5.74) is 0. The van der Waals surface area contributed by atoms with Gasteiger partial charge >= 0.3 is 12.1 Å². The van der Waals surface area contributed by atoms with Crippen molar-refractivity contribution in [1.82, 2.24) is 5.32 Å². The molecule has 0 bridgehead atoms. The van der Waals surface area contributed by atoms with Gasteiger partial charge in [0.2, 0.25) is 0 Å². The number of esters is 1. The summed E-state index contributed by atoms with van der Waals surface area (Å²) in [5.74, 6) is -1.35. The number of benzene rings is 1. The molecule has 0 saturated carbocycles. The van der Waals surface area contributed by atoms with Gasteiger partial charge in [0.15, 0.2) is 6.10 Å². The van der Waals surface area contributed by atoms with E-state index in [9.17, 15) is 14.4 Å². The molecule has 2 rings (SSSR count). The van der Waals surface area contributed by atoms with Gasteiger partial charge in [0.05, 0.1) is 7.11 Å². The van der Waals surface area contributed by atoms with Crippen molar-refractivity contribution in [2.45, 2.75) is 13.0 Å². The van der Waals surface area contributed by atoms with E-state index in [1.165, 1.54) is 18.3 Å². The maximum atomic E-state index is 12.0. The molecule has 1 heterocycles. The topological polar surface area (TPSA) is 81.7 Å². The predicted octanol–water partition coefficient (Wildman–Crippen LogP) is 2.33. The van der Waals surface area contributed by atoms with Crippen molar-refractivity contribution in [1.29, 1.82) is 0 Å². The molecule has 1 aromatic carbocycles. The quantitative estimate of drug-likeness (QED) is 0.880. The number of rotatable bonds is 3. The molecule has 0 saturated heterocycles. The highest BCUT2D eigenvalue weighted by atomic mass is 32.1. The van der Waals surface area contributed by atoms with Crippen molar-refractivity contribution < 1.29 is 23.9 Å². The normalized spacial score (nSPS) is 11.7. The van der Waals surface area contributed by atoms with Gasteiger partial charge in [0.1, 0.15) is 4.88 Å². The summed E-state index contributed by atoms with van der Waals surface area (Å²) in [7, 11) is 1.14. The zero-order chi connectivity index (χ0) is 15.4. The largest absolute Gasteiger partial charge is 0.453 e. The predicted molar refractivity (Wildman–Crippen MR) is 77.3 cm³/mol. The van der Waals surface area contributed by atoms with Crippen LogP contribution in [0.15, 0.2) is 30.3 Å². The number of thiophene rings is 1. The van der Waals surface area contributed by atoms with E-state index < -0.39 is 24.1 Å². The molecule has 1 N–H and O–H groups in total. The fraction of sp³-hybridized carbons (Fsp3) is 0.214. The molecule has 2 aromatic rings. The lowest BCUT2D eigenvalue weighted by molar-refractivity contribution is -0.128. The van der Waals surface area contributed by atoms with Crippen LogP contribution in [-0.4, -0.2) is 31.2 Å². The van der Waals surface area contributed by atoms with Gasteiger partial charge in [-0.15, -0.1) is 11.3 Å². The Hall–Kier alpha value is -2.41. The van der Waals surface area contributed by atoms with Crippen LogP contribution in [0.5, 0.6) is 0 Å². The fourth-order valence-electron chi connectivity index (χ4n) is 1.61. The van der Waals surface area contributed by atoms with Gasteiger partial charge in [0, 0.05) is 4.70 Å². The number of fused-ring (bicyclic) bond motifs is 1. The van der Waals surface area contributed by atoms with Gasteiger partial charge in [0.25, 0.3) is 5.91 Å². The van der Waals surface area contributed by atoms with Gasteiger partial charge in [-0.2, -0.15) is 0 Å². The second kappa shape index (κ2) is 6.36. The van der Waals surface area contributed by atoms with Crippen molar-refractivity contribution in [3.8, 4) is 0 Å². The number of carbonyl (C=O) groups is 3. The van der Waals surface area contributed by atoms with Crippen LogP contribution in [0.25, 0.3) is 10.1 Å². The standard InChI is InChI=1S/C14H13NO5S/c1-8(12(16)15-14(18)19-2)20-13(17)11-7-9-5-3-4-6-10(9)21-11/h3-8H,1-2H3,(H,15,16,18)/t8-/m1/s1. The number of alkyl carbamates (subject to hydrolysis) is 1. The summed E-state index contributed by atoms with van der Waals surface area (Å²) in [5, 5.41) is 2.87. The Morgan fingerprint density at radius 2 is 1.95 bits per heavy atom. The van der Waals surface area contributed by atoms with Gasteiger partial charge < -0.3 is 9.47 Å². The lowest BCUT2D eigenvalue weighted by Crippen LogP contribution is -2.39. The zero-order valence-electron chi connectivity index (χ0n) is 11.4. The number of methoxy groups -OCH3 is 1. The number of hydrogen-bond donors (Lipinski definition) is 1. The van der Waals surface area contributed by atoms with E-state index in [0.29, 0.717) is 4.88 Å². The van der Waals surface area contributed by atoms with E-state index in [4.69, 9.17) is 4.74 Å². The molecule has 0 unspecified atom stereocenters. The maximum absolute atomic E-state index is 12.0. The Balaban J connectivity index is 2.03. The van der Waals surface area contributed by atoms with E-state index in [1.54, 1.807) is 6.07 Å². The molecule has 0 aliphatic heterocycles. The smallest absolute Gasteiger partial charge is 0.413 e. The Morgan fingerprint density at radius 3 is 2.62 bits per heavy atom. The molecule has 2 amide bonds. The molecular weight excluding hydrogens is 294 g/mol. The first-order valence-electron chi connectivity index (χ1n) is 6.09. The minimum Gasteiger partial charge on any atom is -0.453 e. The molecule has 0 aliphatic carbocycles. The van der Waals surface area contributed by atoms with E-state index in [2.05, 4.69) is 4.74 Å². The number of hydrogen-bond acceptors (Lipinski definition) is 6. The molecule has 7 heteroatoms. The van der Waals surface area contributed by atoms with Crippen molar-refractivity contribution in [3.05, 3.63) is 35.2 Å². The van der Waals surface area contributed by atoms with E-state index in [0.717, 1.165) is 17.2 Å². The van der Waals surface area contributed by atoms with Crippen LogP contribution in [-0.2, 0) is 14.3 Å². The van der Waals surface area contributed by atoms with Gasteiger partial charge in [-0.05, 0) is 24.4 Å². The minimum atomic E-state index is -1.10. The average molecular weight is 307 g/mol. The van der Waals surface area contributed by atoms with Gasteiger partial charge in [-0.1, -0.05) is 18.2 Å². The van der Waals surface area contributed by atoms with Crippen molar-refractivity contribution in [2.24, 2.45) is 0 Å². The summed E-state index contributed by atoms with van der Waals surface area (Å²) in [6, 6.07) is 9.23. The molecule has 0 radical (unpaired) electrons. The number of nitrogens with one attached hydrogen (secondary N) is 1. The van der Waals surface area contributed by atoms with E-state index in [1.807, 2.05) is 29.6 Å². The highest BCUT2D eigenvalue weighted by Gasteiger charge is 2.22. The Morgan fingerprint density at radius 1 is 1.24 bits per heavy atom. The molecular formula is C14H13NO5S. The molecule has 1 atom stereocenters. The maximum Gasteiger partial charge on any atom is 0.413 e. The van der Waals surface area contributed by atoms with E-state index in [-0.39, 0.29) is 0 Å². The molecule has 0 fully saturated rings. The number of imide groups is 1. The van der Waals surface area contributed by atoms with Gasteiger partial charge in [-0.3, -0.25) is 10.1 Å². The van der Waals surface area contributed by atoms with Crippen LogP contribution in [0.4, 0.5) is 4.79 Å². The lowest BCUT2D eigenvalue weighted by Gasteiger charge is -2.11. The third kappa shape index (κ3) is 3.57. The second-order valence-electron chi connectivity index (χ2n) is 4.18. The molecule has 0 aliphatic rings. The van der Waals surface area contributed by atoms with Crippen LogP contribution >= 0.6 is 11.3 Å². The van der Waals surface area contributed by atoms with Crippen LogP contribution < -0.4 is 5.32 Å². The minimum absolute atomic E-state index is 0.397. The lowest BCUT2D eigenvalue weighted by atomic mass is 10.2. The van der Waals surface area contributed by atoms with E-state index >= 15 is 0 Å². The second-order valence-corrected chi connectivity index (χ2v) is 5.26. The summed E-state index contributed by atoms with van der Waals surface area (Å²) in [4.78, 5) is 34.8. The molecule has 21 heavy (non-hydrogen) atoms. The van der Waals surface area contributed by atoms with Crippen LogP contribution in [0.1, 0.15) is 16.6 Å². The number of carbonyl (C=O) groups excluding carboxylic acids is 3. The molecule has 110 valence electrons. The third-order valence-electron chi connectivity index (χ3n) is 2.69. The Labute approximate surface area is 124 Å². The van der Waals surface area contributed by atoms with Crippen LogP contribution in [0.3, 0.4) is 0 Å². The van der Waals surface area contributed by atoms with Crippen LogP contribution in [0, 0.1) is 0 Å². The average Bonchev–Trinajstić information content (AvgIpc) is 2.90. The number of ether oxygens (including phenoxy) is 2. The summed E-state index contributed by atoms with van der Waals surface area (Å²) < 4.78 is 10.3. The summed E-state index contributed by atoms with van der Waals surface area (Å²) >= 11 is 1.28. The van der Waals surface area contributed by atoms with Crippen LogP contribution in [0.2, 0.25) is 0 Å². The molecule has 0 spiro atoms. The first-order valence-corrected chi connectivity index (χ1v) is 6.91.